The number of esters is 1. The third-order valence-corrected chi connectivity index (χ3v) is 6.61. The number of rotatable bonds is 6. The highest BCUT2D eigenvalue weighted by atomic mass is 35.5. The van der Waals surface area contributed by atoms with E-state index in [2.05, 4.69) is 9.72 Å². The van der Waals surface area contributed by atoms with Gasteiger partial charge in [-0.15, -0.1) is 0 Å². The van der Waals surface area contributed by atoms with E-state index >= 15 is 0 Å². The molecule has 0 N–H and O–H groups in total. The lowest BCUT2D eigenvalue weighted by Gasteiger charge is -2.25. The Morgan fingerprint density at radius 2 is 1.74 bits per heavy atom. The summed E-state index contributed by atoms with van der Waals surface area (Å²) in [6.45, 7) is -0.773. The number of aromatic nitrogens is 1. The minimum Gasteiger partial charge on any atom is -0.465 e. The largest absolute Gasteiger partial charge is 0.465 e. The molecule has 6 nitrogen and oxygen atoms in total. The molecule has 0 saturated carbocycles. The molecule has 0 aliphatic carbocycles. The van der Waals surface area contributed by atoms with E-state index in [1.165, 1.54) is 0 Å². The van der Waals surface area contributed by atoms with Crippen LogP contribution in [0.2, 0.25) is 5.02 Å². The van der Waals surface area contributed by atoms with Gasteiger partial charge in [0.05, 0.1) is 34.7 Å². The van der Waals surface area contributed by atoms with Crippen LogP contribution in [-0.4, -0.2) is 26.5 Å². The molecule has 0 radical (unpaired) electrons. The second-order valence-corrected chi connectivity index (χ2v) is 9.06. The van der Waals surface area contributed by atoms with E-state index in [1.54, 1.807) is 0 Å². The van der Waals surface area contributed by atoms with Gasteiger partial charge in [-0.3, -0.25) is 0 Å². The van der Waals surface area contributed by atoms with Crippen LogP contribution < -0.4 is 4.31 Å². The first-order valence-electron chi connectivity index (χ1n) is 9.22. The van der Waals surface area contributed by atoms with Crippen LogP contribution >= 0.6 is 11.6 Å². The van der Waals surface area contributed by atoms with Gasteiger partial charge in [-0.2, -0.15) is 13.2 Å². The molecule has 0 amide bonds. The second-order valence-electron chi connectivity index (χ2n) is 6.79. The normalized spacial score (nSPS) is 11.9. The zero-order valence-electron chi connectivity index (χ0n) is 17.1. The lowest BCUT2D eigenvalue weighted by atomic mass is 10.2. The molecule has 2 aromatic carbocycles. The van der Waals surface area contributed by atoms with Crippen LogP contribution in [0.25, 0.3) is 0 Å². The van der Waals surface area contributed by atoms with Crippen LogP contribution in [0.4, 0.5) is 27.8 Å². The summed E-state index contributed by atoms with van der Waals surface area (Å²) >= 11 is 5.96. The van der Waals surface area contributed by atoms with E-state index in [0.29, 0.717) is 22.6 Å². The van der Waals surface area contributed by atoms with Crippen molar-refractivity contribution in [2.75, 3.05) is 11.4 Å². The number of benzene rings is 2. The number of hydrogen-bond donors (Lipinski definition) is 0. The van der Waals surface area contributed by atoms with Crippen molar-refractivity contribution in [3.05, 3.63) is 88.1 Å². The van der Waals surface area contributed by atoms with Gasteiger partial charge in [0.15, 0.2) is 5.82 Å². The molecule has 1 heterocycles. The Labute approximate surface area is 195 Å². The van der Waals surface area contributed by atoms with Crippen LogP contribution in [0.5, 0.6) is 0 Å². The van der Waals surface area contributed by atoms with Crippen molar-refractivity contribution >= 4 is 33.4 Å². The molecule has 0 unspecified atom stereocenters. The topological polar surface area (TPSA) is 76.6 Å². The summed E-state index contributed by atoms with van der Waals surface area (Å²) in [6, 6.07) is 7.26. The first kappa shape index (κ1) is 25.4. The van der Waals surface area contributed by atoms with Gasteiger partial charge in [0, 0.05) is 17.8 Å². The number of ether oxygens (including phenoxy) is 1. The van der Waals surface area contributed by atoms with Crippen LogP contribution in [0, 0.1) is 11.6 Å². The average molecular weight is 521 g/mol. The summed E-state index contributed by atoms with van der Waals surface area (Å²) in [7, 11) is -3.48. The minimum atomic E-state index is -4.80. The molecule has 0 aliphatic rings. The molecule has 1 aromatic heterocycles. The van der Waals surface area contributed by atoms with E-state index in [4.69, 9.17) is 11.6 Å². The third-order valence-electron chi connectivity index (χ3n) is 4.58. The number of pyridine rings is 1. The van der Waals surface area contributed by atoms with Gasteiger partial charge in [-0.05, 0) is 36.4 Å². The molecule has 0 spiro atoms. The van der Waals surface area contributed by atoms with Crippen molar-refractivity contribution in [2.24, 2.45) is 0 Å². The number of sulfonamides is 1. The van der Waals surface area contributed by atoms with E-state index in [0.717, 1.165) is 43.5 Å². The number of methoxy groups -OCH3 is 1. The maximum absolute atomic E-state index is 14.3. The summed E-state index contributed by atoms with van der Waals surface area (Å²) in [5.74, 6) is -3.36. The number of carbonyl (C=O) groups excluding carboxylic acids is 1. The number of hydrogen-bond acceptors (Lipinski definition) is 5. The van der Waals surface area contributed by atoms with Crippen molar-refractivity contribution in [1.29, 1.82) is 0 Å². The molecule has 3 rings (SSSR count). The fourth-order valence-corrected chi connectivity index (χ4v) is 4.59. The highest BCUT2D eigenvalue weighted by Crippen LogP contribution is 2.36. The van der Waals surface area contributed by atoms with Crippen molar-refractivity contribution < 1.29 is 39.9 Å². The van der Waals surface area contributed by atoms with Crippen LogP contribution in [0.1, 0.15) is 21.5 Å². The standard InChI is InChI=1S/C21H14ClF5N2O4S/c1-33-20(30)12-3-6-16(7-4-12)34(31,32)29(11-13-2-5-15(23)9-18(13)24)19-17(22)8-14(10-28-19)21(25,26)27/h2-10H,11H2,1H3. The number of carbonyl (C=O) groups is 1. The lowest BCUT2D eigenvalue weighted by molar-refractivity contribution is -0.137. The van der Waals surface area contributed by atoms with Gasteiger partial charge in [-0.1, -0.05) is 17.7 Å². The molecule has 34 heavy (non-hydrogen) atoms. The highest BCUT2D eigenvalue weighted by Gasteiger charge is 2.34. The second kappa shape index (κ2) is 9.55. The molecule has 180 valence electrons. The molecular formula is C21H14ClF5N2O4S. The smallest absolute Gasteiger partial charge is 0.417 e. The van der Waals surface area contributed by atoms with Crippen molar-refractivity contribution in [2.45, 2.75) is 17.6 Å². The summed E-state index contributed by atoms with van der Waals surface area (Å²) in [6.07, 6.45) is -4.42. The first-order valence-corrected chi connectivity index (χ1v) is 11.0. The van der Waals surface area contributed by atoms with Crippen molar-refractivity contribution in [1.82, 2.24) is 4.98 Å². The SMILES string of the molecule is COC(=O)c1ccc(S(=O)(=O)N(Cc2ccc(F)cc2F)c2ncc(C(F)(F)F)cc2Cl)cc1. The molecule has 0 atom stereocenters. The van der Waals surface area contributed by atoms with Crippen LogP contribution in [-0.2, 0) is 27.5 Å². The van der Waals surface area contributed by atoms with Crippen molar-refractivity contribution in [3.63, 3.8) is 0 Å². The Balaban J connectivity index is 2.14. The summed E-state index contributed by atoms with van der Waals surface area (Å²) in [4.78, 5) is 14.8. The Kier molecular flexibility index (Phi) is 7.13. The van der Waals surface area contributed by atoms with E-state index in [-0.39, 0.29) is 11.1 Å². The summed E-state index contributed by atoms with van der Waals surface area (Å²) in [5.41, 5.74) is -1.49. The van der Waals surface area contributed by atoms with Crippen LogP contribution in [0.15, 0.2) is 59.6 Å². The van der Waals surface area contributed by atoms with E-state index in [1.807, 2.05) is 0 Å². The Bertz CT molecular complexity index is 1330. The maximum Gasteiger partial charge on any atom is 0.417 e. The number of halogens is 6. The van der Waals surface area contributed by atoms with Gasteiger partial charge in [-0.25, -0.2) is 31.3 Å². The van der Waals surface area contributed by atoms with Gasteiger partial charge in [0.2, 0.25) is 0 Å². The number of nitrogens with zero attached hydrogens (tertiary/aromatic N) is 2. The van der Waals surface area contributed by atoms with Gasteiger partial charge < -0.3 is 4.74 Å². The summed E-state index contributed by atoms with van der Waals surface area (Å²) in [5, 5.41) is -0.674. The van der Waals surface area contributed by atoms with Crippen molar-refractivity contribution in [3.8, 4) is 0 Å². The average Bonchev–Trinajstić information content (AvgIpc) is 2.77. The predicted molar refractivity (Wildman–Crippen MR) is 112 cm³/mol. The van der Waals surface area contributed by atoms with Crippen LogP contribution in [0.3, 0.4) is 0 Å². The maximum atomic E-state index is 14.3. The van der Waals surface area contributed by atoms with Gasteiger partial charge >= 0.3 is 12.1 Å². The zero-order chi connectivity index (χ0) is 25.3. The highest BCUT2D eigenvalue weighted by molar-refractivity contribution is 7.92. The van der Waals surface area contributed by atoms with E-state index < -0.39 is 61.6 Å². The Morgan fingerprint density at radius 1 is 1.09 bits per heavy atom. The Hall–Kier alpha value is -3.25. The zero-order valence-corrected chi connectivity index (χ0v) is 18.7. The third kappa shape index (κ3) is 5.28. The molecule has 0 bridgehead atoms. The quantitative estimate of drug-likeness (QED) is 0.329. The molecule has 0 aliphatic heterocycles. The lowest BCUT2D eigenvalue weighted by Crippen LogP contribution is -2.32. The van der Waals surface area contributed by atoms with Gasteiger partial charge in [0.25, 0.3) is 10.0 Å². The summed E-state index contributed by atoms with van der Waals surface area (Å²) < 4.78 is 98.5. The molecule has 13 heteroatoms. The monoisotopic (exact) mass is 520 g/mol. The fraction of sp³-hybridized carbons (Fsp3) is 0.143. The predicted octanol–water partition coefficient (Wildman–Crippen LogP) is 5.21. The molecular weight excluding hydrogens is 507 g/mol. The fourth-order valence-electron chi connectivity index (χ4n) is 2.86. The first-order chi connectivity index (χ1) is 15.8. The Morgan fingerprint density at radius 3 is 2.26 bits per heavy atom. The molecule has 3 aromatic rings. The van der Waals surface area contributed by atoms with E-state index in [9.17, 15) is 35.2 Å². The van der Waals surface area contributed by atoms with Gasteiger partial charge in [0.1, 0.15) is 11.6 Å². The molecule has 0 saturated heterocycles. The number of anilines is 1. The number of alkyl halides is 3. The minimum absolute atomic E-state index is 0.0308. The molecule has 0 fully saturated rings.